The van der Waals surface area contributed by atoms with Gasteiger partial charge in [-0.3, -0.25) is 4.79 Å². The largest absolute Gasteiger partial charge is 0.333 e. The molecule has 0 aliphatic carbocycles. The van der Waals surface area contributed by atoms with Crippen LogP contribution in [0.5, 0.6) is 0 Å². The number of piperazine rings is 1. The number of benzene rings is 2. The number of hydrogen-bond acceptors (Lipinski definition) is 4. The molecular formula is C22H24Cl2FN3OS. The zero-order valence-corrected chi connectivity index (χ0v) is 18.7. The Morgan fingerprint density at radius 2 is 1.97 bits per heavy atom. The van der Waals surface area contributed by atoms with E-state index in [0.717, 1.165) is 29.2 Å². The summed E-state index contributed by atoms with van der Waals surface area (Å²) in [4.78, 5) is 19.5. The molecule has 160 valence electrons. The molecule has 30 heavy (non-hydrogen) atoms. The molecule has 1 N–H and O–H groups in total. The van der Waals surface area contributed by atoms with Gasteiger partial charge in [0.15, 0.2) is 0 Å². The van der Waals surface area contributed by atoms with E-state index in [9.17, 15) is 9.18 Å². The number of carbonyl (C=O) groups excluding carboxylic acids is 1. The van der Waals surface area contributed by atoms with Crippen molar-refractivity contribution in [2.24, 2.45) is 0 Å². The summed E-state index contributed by atoms with van der Waals surface area (Å²) in [5.74, 6) is -0.243. The molecule has 1 aliphatic heterocycles. The minimum Gasteiger partial charge on any atom is -0.333 e. The molecule has 1 fully saturated rings. The van der Waals surface area contributed by atoms with Crippen molar-refractivity contribution in [3.63, 3.8) is 0 Å². The van der Waals surface area contributed by atoms with E-state index < -0.39 is 0 Å². The summed E-state index contributed by atoms with van der Waals surface area (Å²) in [6.07, 6.45) is 1.05. The number of halogens is 3. The third kappa shape index (κ3) is 6.01. The molecule has 8 heteroatoms. The molecule has 1 amide bonds. The average molecular weight is 468 g/mol. The normalized spacial score (nSPS) is 15.8. The lowest BCUT2D eigenvalue weighted by atomic mass is 10.0. The number of carbonyl (C=O) groups is 1. The summed E-state index contributed by atoms with van der Waals surface area (Å²) in [6.45, 7) is 1.99. The van der Waals surface area contributed by atoms with E-state index in [1.807, 2.05) is 34.5 Å². The van der Waals surface area contributed by atoms with Gasteiger partial charge in [0.05, 0.1) is 23.2 Å². The van der Waals surface area contributed by atoms with Crippen LogP contribution < -0.4 is 5.32 Å². The second kappa shape index (κ2) is 11.4. The van der Waals surface area contributed by atoms with Crippen LogP contribution in [0.15, 0.2) is 60.0 Å². The highest BCUT2D eigenvalue weighted by Gasteiger charge is 2.28. The van der Waals surface area contributed by atoms with Crippen LogP contribution in [0, 0.1) is 5.82 Å². The maximum Gasteiger partial charge on any atom is 0.229 e. The van der Waals surface area contributed by atoms with E-state index in [1.54, 1.807) is 17.4 Å². The predicted octanol–water partition coefficient (Wildman–Crippen LogP) is 4.43. The number of nitrogens with one attached hydrogen (secondary N) is 1. The monoisotopic (exact) mass is 467 g/mol. The second-order valence-corrected chi connectivity index (χ2v) is 7.88. The van der Waals surface area contributed by atoms with E-state index in [4.69, 9.17) is 0 Å². The summed E-state index contributed by atoms with van der Waals surface area (Å²) in [5, 5.41) is 6.28. The quantitative estimate of drug-likeness (QED) is 0.603. The Hall–Kier alpha value is -1.99. The van der Waals surface area contributed by atoms with Crippen LogP contribution in [0.3, 0.4) is 0 Å². The van der Waals surface area contributed by atoms with Crippen molar-refractivity contribution in [2.45, 2.75) is 18.9 Å². The molecule has 2 aromatic carbocycles. The summed E-state index contributed by atoms with van der Waals surface area (Å²) < 4.78 is 13.6. The number of hydrogen-bond donors (Lipinski definition) is 1. The Balaban J connectivity index is 0.00000160. The molecule has 1 unspecified atom stereocenters. The Morgan fingerprint density at radius 3 is 2.73 bits per heavy atom. The van der Waals surface area contributed by atoms with Crippen molar-refractivity contribution in [3.05, 3.63) is 87.6 Å². The zero-order valence-electron chi connectivity index (χ0n) is 16.3. The maximum atomic E-state index is 13.6. The first kappa shape index (κ1) is 24.3. The minimum absolute atomic E-state index is 0. The molecule has 1 aliphatic rings. The van der Waals surface area contributed by atoms with Crippen LogP contribution in [0.2, 0.25) is 0 Å². The van der Waals surface area contributed by atoms with Crippen molar-refractivity contribution >= 4 is 42.1 Å². The average Bonchev–Trinajstić information content (AvgIpc) is 3.15. The van der Waals surface area contributed by atoms with Gasteiger partial charge in [-0.2, -0.15) is 0 Å². The number of nitrogens with zero attached hydrogens (tertiary/aromatic N) is 2. The Morgan fingerprint density at radius 1 is 1.17 bits per heavy atom. The van der Waals surface area contributed by atoms with Crippen LogP contribution in [0.25, 0.3) is 0 Å². The zero-order chi connectivity index (χ0) is 19.3. The van der Waals surface area contributed by atoms with Gasteiger partial charge < -0.3 is 10.2 Å². The molecule has 0 bridgehead atoms. The fraction of sp³-hybridized carbons (Fsp3) is 0.273. The van der Waals surface area contributed by atoms with Gasteiger partial charge in [0.1, 0.15) is 5.82 Å². The first-order valence-electron chi connectivity index (χ1n) is 9.42. The van der Waals surface area contributed by atoms with Crippen molar-refractivity contribution in [1.82, 2.24) is 15.2 Å². The highest BCUT2D eigenvalue weighted by Crippen LogP contribution is 2.24. The molecule has 0 radical (unpaired) electrons. The second-order valence-electron chi connectivity index (χ2n) is 6.93. The minimum atomic E-state index is -0.277. The van der Waals surface area contributed by atoms with Gasteiger partial charge in [-0.25, -0.2) is 9.37 Å². The van der Waals surface area contributed by atoms with Crippen LogP contribution in [0.1, 0.15) is 27.9 Å². The maximum absolute atomic E-state index is 13.6. The van der Waals surface area contributed by atoms with E-state index >= 15 is 0 Å². The van der Waals surface area contributed by atoms with Gasteiger partial charge in [0, 0.05) is 31.4 Å². The molecule has 1 saturated heterocycles. The van der Waals surface area contributed by atoms with E-state index in [-0.39, 0.29) is 49.0 Å². The Bertz CT molecular complexity index is 954. The fourth-order valence-electron chi connectivity index (χ4n) is 3.55. The highest BCUT2D eigenvalue weighted by molar-refractivity contribution is 7.09. The topological polar surface area (TPSA) is 45.2 Å². The first-order chi connectivity index (χ1) is 13.7. The van der Waals surface area contributed by atoms with Gasteiger partial charge in [-0.05, 0) is 23.3 Å². The number of rotatable bonds is 5. The van der Waals surface area contributed by atoms with Crippen LogP contribution in [0.4, 0.5) is 4.39 Å². The fourth-order valence-corrected chi connectivity index (χ4v) is 4.38. The number of aromatic nitrogens is 1. The van der Waals surface area contributed by atoms with Crippen LogP contribution >= 0.6 is 36.2 Å². The van der Waals surface area contributed by atoms with Crippen LogP contribution in [-0.2, 0) is 17.6 Å². The summed E-state index contributed by atoms with van der Waals surface area (Å²) in [5.41, 5.74) is 2.84. The third-order valence-electron chi connectivity index (χ3n) is 4.93. The summed E-state index contributed by atoms with van der Waals surface area (Å²) >= 11 is 1.59. The third-order valence-corrected chi connectivity index (χ3v) is 5.82. The molecule has 1 atom stereocenters. The van der Waals surface area contributed by atoms with Crippen molar-refractivity contribution < 1.29 is 9.18 Å². The van der Waals surface area contributed by atoms with Gasteiger partial charge >= 0.3 is 0 Å². The van der Waals surface area contributed by atoms with E-state index in [0.29, 0.717) is 13.1 Å². The molecule has 3 aromatic rings. The molecular weight excluding hydrogens is 444 g/mol. The van der Waals surface area contributed by atoms with Crippen LogP contribution in [-0.4, -0.2) is 35.4 Å². The summed E-state index contributed by atoms with van der Waals surface area (Å²) in [6, 6.07) is 16.5. The molecule has 1 aromatic heterocycles. The van der Waals surface area contributed by atoms with Gasteiger partial charge in [0.25, 0.3) is 0 Å². The number of amides is 1. The highest BCUT2D eigenvalue weighted by atomic mass is 35.5. The summed E-state index contributed by atoms with van der Waals surface area (Å²) in [7, 11) is 0. The lowest BCUT2D eigenvalue weighted by molar-refractivity contribution is -0.133. The lowest BCUT2D eigenvalue weighted by Gasteiger charge is -2.36. The molecule has 0 spiro atoms. The Kier molecular flexibility index (Phi) is 9.24. The van der Waals surface area contributed by atoms with E-state index in [1.165, 1.54) is 17.7 Å². The van der Waals surface area contributed by atoms with Gasteiger partial charge in [0.2, 0.25) is 5.91 Å². The van der Waals surface area contributed by atoms with Gasteiger partial charge in [-0.1, -0.05) is 42.5 Å². The molecule has 2 heterocycles. The standard InChI is InChI=1S/C22H22FN3OS.2ClH/c23-18-8-4-7-17(12-18)20-14-24-9-10-26(20)22(27)13-19-15-28-21(25-19)11-16-5-2-1-3-6-16;;/h1-8,12,15,20,24H,9-11,13-14H2;2*1H. The molecule has 0 saturated carbocycles. The smallest absolute Gasteiger partial charge is 0.229 e. The lowest BCUT2D eigenvalue weighted by Crippen LogP contribution is -2.49. The van der Waals surface area contributed by atoms with Gasteiger partial charge in [-0.15, -0.1) is 36.2 Å². The van der Waals surface area contributed by atoms with E-state index in [2.05, 4.69) is 22.4 Å². The molecule has 4 rings (SSSR count). The predicted molar refractivity (Wildman–Crippen MR) is 123 cm³/mol. The Labute approximate surface area is 192 Å². The van der Waals surface area contributed by atoms with Crippen molar-refractivity contribution in [2.75, 3.05) is 19.6 Å². The van der Waals surface area contributed by atoms with Crippen molar-refractivity contribution in [3.8, 4) is 0 Å². The molecule has 4 nitrogen and oxygen atoms in total. The SMILES string of the molecule is Cl.Cl.O=C(Cc1csc(Cc2ccccc2)n1)N1CCNCC1c1cccc(F)c1. The van der Waals surface area contributed by atoms with Crippen molar-refractivity contribution in [1.29, 1.82) is 0 Å². The number of thiazole rings is 1. The first-order valence-corrected chi connectivity index (χ1v) is 10.3.